The monoisotopic (exact) mass is 447 g/mol. The zero-order valence-corrected chi connectivity index (χ0v) is 17.8. The standard InChI is InChI=1S/C22H18ClN7O2/c1-32-13-4-5-18-14(10-26-30(18)11-13)22(31)28-8-6-16-20(25-12-24-16)21(28)17-9-19-15(23)3-2-7-29(19)27-17/h2-5,7,9-12,21H,6,8H2,1H3,(H,24,25)/t21-/m1/s1. The Hall–Kier alpha value is -3.85. The van der Waals surface area contributed by atoms with E-state index in [1.165, 1.54) is 0 Å². The van der Waals surface area contributed by atoms with Crippen molar-refractivity contribution in [2.24, 2.45) is 0 Å². The number of amides is 1. The number of carbonyl (C=O) groups excluding carboxylic acids is 1. The van der Waals surface area contributed by atoms with Crippen LogP contribution in [0.3, 0.4) is 0 Å². The molecule has 0 aromatic carbocycles. The largest absolute Gasteiger partial charge is 0.495 e. The van der Waals surface area contributed by atoms with Crippen LogP contribution >= 0.6 is 11.6 Å². The van der Waals surface area contributed by atoms with E-state index in [2.05, 4.69) is 15.1 Å². The molecule has 10 heteroatoms. The zero-order chi connectivity index (χ0) is 21.8. The van der Waals surface area contributed by atoms with Crippen LogP contribution in [0.4, 0.5) is 0 Å². The summed E-state index contributed by atoms with van der Waals surface area (Å²) < 4.78 is 8.64. The molecule has 5 aromatic heterocycles. The molecule has 160 valence electrons. The molecule has 0 saturated carbocycles. The first-order chi connectivity index (χ1) is 15.6. The summed E-state index contributed by atoms with van der Waals surface area (Å²) in [5, 5.41) is 9.67. The average molecular weight is 448 g/mol. The number of H-pyrrole nitrogens is 1. The number of fused-ring (bicyclic) bond motifs is 3. The van der Waals surface area contributed by atoms with Crippen LogP contribution < -0.4 is 4.74 Å². The molecule has 6 heterocycles. The number of hydrogen-bond donors (Lipinski definition) is 1. The van der Waals surface area contributed by atoms with Crippen LogP contribution in [0.2, 0.25) is 5.02 Å². The Morgan fingerprint density at radius 2 is 2.16 bits per heavy atom. The van der Waals surface area contributed by atoms with E-state index in [0.717, 1.165) is 16.9 Å². The second-order valence-electron chi connectivity index (χ2n) is 7.63. The fraction of sp³-hybridized carbons (Fsp3) is 0.182. The van der Waals surface area contributed by atoms with Crippen LogP contribution in [0, 0.1) is 0 Å². The first-order valence-corrected chi connectivity index (χ1v) is 10.5. The first-order valence-electron chi connectivity index (χ1n) is 10.1. The van der Waals surface area contributed by atoms with E-state index in [4.69, 9.17) is 21.4 Å². The molecule has 6 rings (SSSR count). The summed E-state index contributed by atoms with van der Waals surface area (Å²) in [6.45, 7) is 0.522. The third kappa shape index (κ3) is 2.78. The van der Waals surface area contributed by atoms with E-state index in [9.17, 15) is 4.79 Å². The summed E-state index contributed by atoms with van der Waals surface area (Å²) in [7, 11) is 1.59. The predicted molar refractivity (Wildman–Crippen MR) is 117 cm³/mol. The minimum atomic E-state index is -0.443. The molecule has 0 saturated heterocycles. The predicted octanol–water partition coefficient (Wildman–Crippen LogP) is 3.16. The van der Waals surface area contributed by atoms with Crippen molar-refractivity contribution in [3.63, 3.8) is 0 Å². The van der Waals surface area contributed by atoms with Gasteiger partial charge in [0.1, 0.15) is 11.8 Å². The molecule has 1 N–H and O–H groups in total. The molecule has 0 spiro atoms. The lowest BCUT2D eigenvalue weighted by Crippen LogP contribution is -2.41. The van der Waals surface area contributed by atoms with Crippen molar-refractivity contribution in [2.45, 2.75) is 12.5 Å². The number of imidazole rings is 1. The number of aromatic amines is 1. The van der Waals surface area contributed by atoms with E-state index in [1.807, 2.05) is 36.5 Å². The molecule has 0 aliphatic carbocycles. The van der Waals surface area contributed by atoms with Crippen LogP contribution in [0.5, 0.6) is 5.75 Å². The third-order valence-corrected chi connectivity index (χ3v) is 6.21. The lowest BCUT2D eigenvalue weighted by Gasteiger charge is -2.33. The number of pyridine rings is 2. The maximum atomic E-state index is 13.8. The van der Waals surface area contributed by atoms with Crippen LogP contribution in [-0.2, 0) is 6.42 Å². The summed E-state index contributed by atoms with van der Waals surface area (Å²) in [5.74, 6) is 0.533. The second kappa shape index (κ2) is 7.10. The van der Waals surface area contributed by atoms with Crippen LogP contribution in [-0.4, -0.2) is 53.7 Å². The summed E-state index contributed by atoms with van der Waals surface area (Å²) in [6.07, 6.45) is 7.52. The number of nitrogens with zero attached hydrogens (tertiary/aromatic N) is 6. The first kappa shape index (κ1) is 18.9. The van der Waals surface area contributed by atoms with E-state index in [0.29, 0.717) is 40.5 Å². The quantitative estimate of drug-likeness (QED) is 0.458. The van der Waals surface area contributed by atoms with Crippen LogP contribution in [0.15, 0.2) is 55.2 Å². The molecule has 5 aromatic rings. The molecular formula is C22H18ClN7O2. The molecule has 1 atom stereocenters. The van der Waals surface area contributed by atoms with Gasteiger partial charge in [-0.1, -0.05) is 11.6 Å². The lowest BCUT2D eigenvalue weighted by molar-refractivity contribution is 0.0689. The van der Waals surface area contributed by atoms with E-state index in [-0.39, 0.29) is 5.91 Å². The molecule has 1 amide bonds. The number of ether oxygens (including phenoxy) is 1. The van der Waals surface area contributed by atoms with Gasteiger partial charge in [0.2, 0.25) is 0 Å². The Kier molecular flexibility index (Phi) is 4.19. The van der Waals surface area contributed by atoms with Gasteiger partial charge < -0.3 is 14.6 Å². The van der Waals surface area contributed by atoms with Gasteiger partial charge in [-0.3, -0.25) is 4.79 Å². The normalized spacial score (nSPS) is 15.9. The van der Waals surface area contributed by atoms with Gasteiger partial charge in [0.15, 0.2) is 0 Å². The van der Waals surface area contributed by atoms with Gasteiger partial charge >= 0.3 is 0 Å². The highest BCUT2D eigenvalue weighted by Gasteiger charge is 2.37. The summed E-state index contributed by atoms with van der Waals surface area (Å²) in [4.78, 5) is 23.3. The zero-order valence-electron chi connectivity index (χ0n) is 17.1. The highest BCUT2D eigenvalue weighted by molar-refractivity contribution is 6.33. The number of methoxy groups -OCH3 is 1. The van der Waals surface area contributed by atoms with Gasteiger partial charge in [-0.25, -0.2) is 14.0 Å². The van der Waals surface area contributed by atoms with E-state index < -0.39 is 6.04 Å². The molecule has 0 radical (unpaired) electrons. The average Bonchev–Trinajstić information content (AvgIpc) is 3.55. The maximum absolute atomic E-state index is 13.8. The smallest absolute Gasteiger partial charge is 0.258 e. The number of nitrogens with one attached hydrogen (secondary N) is 1. The highest BCUT2D eigenvalue weighted by Crippen LogP contribution is 2.35. The number of halogens is 1. The summed E-state index contributed by atoms with van der Waals surface area (Å²) in [5.41, 5.74) is 4.51. The van der Waals surface area contributed by atoms with Crippen molar-refractivity contribution in [1.82, 2.24) is 34.1 Å². The van der Waals surface area contributed by atoms with Gasteiger partial charge in [0.05, 0.1) is 58.8 Å². The fourth-order valence-electron chi connectivity index (χ4n) is 4.33. The van der Waals surface area contributed by atoms with E-state index >= 15 is 0 Å². The van der Waals surface area contributed by atoms with Gasteiger partial charge in [-0.15, -0.1) is 0 Å². The van der Waals surface area contributed by atoms with Crippen molar-refractivity contribution < 1.29 is 9.53 Å². The van der Waals surface area contributed by atoms with Crippen LogP contribution in [0.25, 0.3) is 11.0 Å². The second-order valence-corrected chi connectivity index (χ2v) is 8.04. The fourth-order valence-corrected chi connectivity index (χ4v) is 4.55. The van der Waals surface area contributed by atoms with Gasteiger partial charge in [0.25, 0.3) is 5.91 Å². The molecule has 32 heavy (non-hydrogen) atoms. The molecular weight excluding hydrogens is 430 g/mol. The number of rotatable bonds is 3. The molecule has 1 aliphatic heterocycles. The summed E-state index contributed by atoms with van der Waals surface area (Å²) in [6, 6.07) is 8.78. The number of hydrogen-bond acceptors (Lipinski definition) is 5. The maximum Gasteiger partial charge on any atom is 0.258 e. The molecule has 0 bridgehead atoms. The van der Waals surface area contributed by atoms with Crippen molar-refractivity contribution >= 4 is 28.5 Å². The van der Waals surface area contributed by atoms with Crippen molar-refractivity contribution in [1.29, 1.82) is 0 Å². The lowest BCUT2D eigenvalue weighted by atomic mass is 9.98. The minimum absolute atomic E-state index is 0.132. The minimum Gasteiger partial charge on any atom is -0.495 e. The molecule has 0 unspecified atom stereocenters. The Morgan fingerprint density at radius 1 is 1.25 bits per heavy atom. The summed E-state index contributed by atoms with van der Waals surface area (Å²) >= 11 is 6.37. The van der Waals surface area contributed by atoms with Crippen LogP contribution in [0.1, 0.15) is 33.5 Å². The molecule has 9 nitrogen and oxygen atoms in total. The molecule has 0 fully saturated rings. The van der Waals surface area contributed by atoms with Crippen molar-refractivity contribution in [3.8, 4) is 5.75 Å². The van der Waals surface area contributed by atoms with E-state index in [1.54, 1.807) is 39.8 Å². The van der Waals surface area contributed by atoms with Crippen molar-refractivity contribution in [2.75, 3.05) is 13.7 Å². The molecule has 1 aliphatic rings. The Labute approximate surface area is 187 Å². The van der Waals surface area contributed by atoms with Gasteiger partial charge in [-0.2, -0.15) is 10.2 Å². The highest BCUT2D eigenvalue weighted by atomic mass is 35.5. The topological polar surface area (TPSA) is 92.8 Å². The Balaban J connectivity index is 1.47. The Morgan fingerprint density at radius 3 is 3.00 bits per heavy atom. The number of aromatic nitrogens is 6. The van der Waals surface area contributed by atoms with Crippen molar-refractivity contribution in [3.05, 3.63) is 82.9 Å². The number of carbonyl (C=O) groups is 1. The van der Waals surface area contributed by atoms with Gasteiger partial charge in [-0.05, 0) is 30.3 Å². The SMILES string of the molecule is COc1ccc2c(C(=O)N3CCc4[nH]cnc4[C@H]3c3cc4c(Cl)cccn4n3)cnn2c1. The Bertz CT molecular complexity index is 1480. The third-order valence-electron chi connectivity index (χ3n) is 5.89. The van der Waals surface area contributed by atoms with Gasteiger partial charge in [0, 0.05) is 24.9 Å².